The maximum Gasteiger partial charge on any atom is 0.410 e. The number of rotatable bonds is 5. The third-order valence-electron chi connectivity index (χ3n) is 6.49. The lowest BCUT2D eigenvalue weighted by Crippen LogP contribution is -2.43. The van der Waals surface area contributed by atoms with E-state index in [0.29, 0.717) is 30.0 Å². The lowest BCUT2D eigenvalue weighted by atomic mass is 9.87. The fraction of sp³-hybridized carbons (Fsp3) is 0.367. The second kappa shape index (κ2) is 10.2. The molecule has 0 saturated heterocycles. The number of hydrogen-bond acceptors (Lipinski definition) is 4. The minimum absolute atomic E-state index is 0.0148. The third-order valence-corrected chi connectivity index (χ3v) is 6.49. The molecule has 0 aliphatic carbocycles. The predicted molar refractivity (Wildman–Crippen MR) is 148 cm³/mol. The quantitative estimate of drug-likeness (QED) is 0.284. The van der Waals surface area contributed by atoms with Gasteiger partial charge >= 0.3 is 6.09 Å². The van der Waals surface area contributed by atoms with Crippen molar-refractivity contribution in [3.05, 3.63) is 76.9 Å². The van der Waals surface area contributed by atoms with Gasteiger partial charge in [0.15, 0.2) is 0 Å². The minimum atomic E-state index is -0.549. The smallest absolute Gasteiger partial charge is 0.410 e. The second-order valence-electron chi connectivity index (χ2n) is 11.1. The Bertz CT molecular complexity index is 1360. The molecule has 1 atom stereocenters. The van der Waals surface area contributed by atoms with E-state index in [-0.39, 0.29) is 23.9 Å². The Hall–Kier alpha value is -3.87. The first-order chi connectivity index (χ1) is 17.4. The number of nitrogen functional groups attached to an aromatic ring is 1. The largest absolute Gasteiger partial charge is 0.444 e. The van der Waals surface area contributed by atoms with Gasteiger partial charge in [0.2, 0.25) is 0 Å². The molecule has 0 saturated carbocycles. The topological polar surface area (TPSA) is 109 Å². The van der Waals surface area contributed by atoms with Gasteiger partial charge < -0.3 is 20.7 Å². The van der Waals surface area contributed by atoms with Crippen LogP contribution in [0.25, 0.3) is 10.8 Å². The van der Waals surface area contributed by atoms with E-state index in [1.807, 2.05) is 68.1 Å². The van der Waals surface area contributed by atoms with Crippen molar-refractivity contribution >= 4 is 34.3 Å². The number of hydrogen-bond donors (Lipinski definition) is 3. The van der Waals surface area contributed by atoms with Crippen molar-refractivity contribution in [2.24, 2.45) is 11.7 Å². The number of nitrogens with two attached hydrogens (primary N) is 1. The van der Waals surface area contributed by atoms with E-state index in [2.05, 4.69) is 19.2 Å². The van der Waals surface area contributed by atoms with Crippen LogP contribution in [0.5, 0.6) is 0 Å². The molecule has 0 fully saturated rings. The van der Waals surface area contributed by atoms with Gasteiger partial charge in [0.05, 0.1) is 6.04 Å². The average Bonchev–Trinajstić information content (AvgIpc) is 2.81. The molecular weight excluding hydrogens is 464 g/mol. The Morgan fingerprint density at radius 2 is 1.70 bits per heavy atom. The van der Waals surface area contributed by atoms with Crippen LogP contribution in [-0.2, 0) is 11.2 Å². The molecule has 4 rings (SSSR count). The Balaban J connectivity index is 1.55. The molecule has 7 nitrogen and oxygen atoms in total. The summed E-state index contributed by atoms with van der Waals surface area (Å²) in [4.78, 5) is 27.9. The van der Waals surface area contributed by atoms with Gasteiger partial charge in [0, 0.05) is 23.4 Å². The number of ether oxygens (including phenoxy) is 1. The van der Waals surface area contributed by atoms with Crippen molar-refractivity contribution in [1.29, 1.82) is 5.41 Å². The number of anilines is 1. The minimum Gasteiger partial charge on any atom is -0.444 e. The van der Waals surface area contributed by atoms with Crippen LogP contribution in [0.3, 0.4) is 0 Å². The van der Waals surface area contributed by atoms with E-state index in [0.717, 1.165) is 34.0 Å². The maximum absolute atomic E-state index is 13.1. The van der Waals surface area contributed by atoms with Gasteiger partial charge in [-0.15, -0.1) is 0 Å². The number of amidine groups is 1. The zero-order valence-corrected chi connectivity index (χ0v) is 22.2. The SMILES string of the molecule is CC(C)CC1c2ccc(NC(=O)c3ccc4cc(C(=N)N)ccc4c3)cc2CCN1C(=O)OC(C)(C)C. The second-order valence-corrected chi connectivity index (χ2v) is 11.1. The summed E-state index contributed by atoms with van der Waals surface area (Å²) in [6.45, 7) is 10.5. The molecule has 2 amide bonds. The van der Waals surface area contributed by atoms with Crippen molar-refractivity contribution in [3.63, 3.8) is 0 Å². The molecule has 7 heteroatoms. The molecule has 0 radical (unpaired) electrons. The summed E-state index contributed by atoms with van der Waals surface area (Å²) in [7, 11) is 0. The highest BCUT2D eigenvalue weighted by Crippen LogP contribution is 2.36. The van der Waals surface area contributed by atoms with Gasteiger partial charge in [0.25, 0.3) is 5.91 Å². The molecule has 3 aromatic carbocycles. The Morgan fingerprint density at radius 3 is 2.32 bits per heavy atom. The number of fused-ring (bicyclic) bond motifs is 2. The Morgan fingerprint density at radius 1 is 1.05 bits per heavy atom. The molecule has 194 valence electrons. The first kappa shape index (κ1) is 26.2. The predicted octanol–water partition coefficient (Wildman–Crippen LogP) is 6.26. The number of benzene rings is 3. The third kappa shape index (κ3) is 6.10. The Kier molecular flexibility index (Phi) is 7.25. The number of nitrogens with zero attached hydrogens (tertiary/aromatic N) is 1. The summed E-state index contributed by atoms with van der Waals surface area (Å²) in [5.41, 5.74) is 9.21. The summed E-state index contributed by atoms with van der Waals surface area (Å²) in [6, 6.07) is 16.9. The molecule has 4 N–H and O–H groups in total. The average molecular weight is 501 g/mol. The normalized spacial score (nSPS) is 15.4. The van der Waals surface area contributed by atoms with Gasteiger partial charge in [-0.3, -0.25) is 10.2 Å². The molecule has 37 heavy (non-hydrogen) atoms. The standard InChI is InChI=1S/C30H36N4O3/c1-18(2)14-26-25-11-10-24(17-21(25)12-13-34(26)29(36)37-30(3,4)5)33-28(35)23-9-7-19-15-22(27(31)32)8-6-20(19)16-23/h6-11,15-18,26H,12-14H2,1-5H3,(H3,31,32)(H,33,35). The first-order valence-corrected chi connectivity index (χ1v) is 12.7. The van der Waals surface area contributed by atoms with Gasteiger partial charge in [-0.1, -0.05) is 38.1 Å². The van der Waals surface area contributed by atoms with E-state index in [1.54, 1.807) is 12.1 Å². The molecule has 3 aromatic rings. The molecule has 0 aromatic heterocycles. The molecule has 0 bridgehead atoms. The van der Waals surface area contributed by atoms with Crippen LogP contribution >= 0.6 is 0 Å². The van der Waals surface area contributed by atoms with Crippen LogP contribution in [0.4, 0.5) is 10.5 Å². The van der Waals surface area contributed by atoms with Gasteiger partial charge in [-0.25, -0.2) is 4.79 Å². The van der Waals surface area contributed by atoms with Crippen molar-refractivity contribution in [3.8, 4) is 0 Å². The molecule has 1 aliphatic heterocycles. The molecule has 0 spiro atoms. The van der Waals surface area contributed by atoms with Gasteiger partial charge in [0.1, 0.15) is 11.4 Å². The highest BCUT2D eigenvalue weighted by molar-refractivity contribution is 6.07. The highest BCUT2D eigenvalue weighted by Gasteiger charge is 2.34. The van der Waals surface area contributed by atoms with Crippen LogP contribution in [-0.4, -0.2) is 34.9 Å². The van der Waals surface area contributed by atoms with E-state index in [9.17, 15) is 9.59 Å². The van der Waals surface area contributed by atoms with Crippen LogP contribution in [0.2, 0.25) is 0 Å². The van der Waals surface area contributed by atoms with Crippen molar-refractivity contribution in [2.45, 2.75) is 59.1 Å². The monoisotopic (exact) mass is 500 g/mol. The van der Waals surface area contributed by atoms with Gasteiger partial charge in [-0.2, -0.15) is 0 Å². The van der Waals surface area contributed by atoms with E-state index >= 15 is 0 Å². The molecular formula is C30H36N4O3. The van der Waals surface area contributed by atoms with Crippen molar-refractivity contribution < 1.29 is 14.3 Å². The van der Waals surface area contributed by atoms with E-state index < -0.39 is 5.60 Å². The van der Waals surface area contributed by atoms with Crippen molar-refractivity contribution in [2.75, 3.05) is 11.9 Å². The van der Waals surface area contributed by atoms with E-state index in [4.69, 9.17) is 15.9 Å². The van der Waals surface area contributed by atoms with Crippen LogP contribution < -0.4 is 11.1 Å². The fourth-order valence-electron chi connectivity index (χ4n) is 4.79. The Labute approximate surface area is 218 Å². The summed E-state index contributed by atoms with van der Waals surface area (Å²) in [6.07, 6.45) is 1.25. The number of nitrogens with one attached hydrogen (secondary N) is 2. The summed E-state index contributed by atoms with van der Waals surface area (Å²) in [5.74, 6) is 0.225. The molecule has 1 aliphatic rings. The van der Waals surface area contributed by atoms with Crippen LogP contribution in [0.1, 0.15) is 74.1 Å². The zero-order valence-electron chi connectivity index (χ0n) is 22.2. The summed E-state index contributed by atoms with van der Waals surface area (Å²) < 4.78 is 5.69. The zero-order chi connectivity index (χ0) is 26.9. The van der Waals surface area contributed by atoms with Crippen molar-refractivity contribution in [1.82, 2.24) is 4.90 Å². The highest BCUT2D eigenvalue weighted by atomic mass is 16.6. The van der Waals surface area contributed by atoms with E-state index in [1.165, 1.54) is 0 Å². The van der Waals surface area contributed by atoms with Crippen LogP contribution in [0, 0.1) is 11.3 Å². The number of carbonyl (C=O) groups is 2. The van der Waals surface area contributed by atoms with Crippen LogP contribution in [0.15, 0.2) is 54.6 Å². The van der Waals surface area contributed by atoms with Gasteiger partial charge in [-0.05, 0) is 91.8 Å². The number of amides is 2. The molecule has 1 unspecified atom stereocenters. The molecule has 1 heterocycles. The maximum atomic E-state index is 13.1. The lowest BCUT2D eigenvalue weighted by Gasteiger charge is -2.39. The summed E-state index contributed by atoms with van der Waals surface area (Å²) in [5, 5.41) is 12.5. The first-order valence-electron chi connectivity index (χ1n) is 12.7. The fourth-order valence-corrected chi connectivity index (χ4v) is 4.79. The number of carbonyl (C=O) groups excluding carboxylic acids is 2. The lowest BCUT2D eigenvalue weighted by molar-refractivity contribution is 0.0120. The summed E-state index contributed by atoms with van der Waals surface area (Å²) >= 11 is 0.